The molecule has 10 nitrogen and oxygen atoms in total. The number of methoxy groups -OCH3 is 1. The van der Waals surface area contributed by atoms with Crippen molar-refractivity contribution < 1.29 is 22.7 Å². The number of amides is 2. The summed E-state index contributed by atoms with van der Waals surface area (Å²) in [4.78, 5) is 32.8. The first kappa shape index (κ1) is 32.7. The van der Waals surface area contributed by atoms with Gasteiger partial charge in [-0.2, -0.15) is 8.42 Å². The number of nitrogens with zero attached hydrogens (tertiary/aromatic N) is 3. The van der Waals surface area contributed by atoms with Crippen LogP contribution in [-0.4, -0.2) is 67.9 Å². The molecule has 4 heterocycles. The fraction of sp³-hybridized carbons (Fsp3) is 0.450. The summed E-state index contributed by atoms with van der Waals surface area (Å²) in [5.41, 5.74) is 6.43. The summed E-state index contributed by atoms with van der Waals surface area (Å²) in [5, 5.41) is 6.24. The van der Waals surface area contributed by atoms with Gasteiger partial charge >= 0.3 is 0 Å². The van der Waals surface area contributed by atoms with Gasteiger partial charge in [0.15, 0.2) is 0 Å². The highest BCUT2D eigenvalue weighted by Gasteiger charge is 2.64. The molecular weight excluding hydrogens is 663 g/mol. The second-order valence-corrected chi connectivity index (χ2v) is 17.0. The average molecular weight is 708 g/mol. The molecule has 266 valence electrons. The van der Waals surface area contributed by atoms with Crippen LogP contribution in [0.4, 0.5) is 0 Å². The maximum Gasteiger partial charge on any atom is 0.298 e. The van der Waals surface area contributed by atoms with E-state index in [4.69, 9.17) is 9.88 Å². The Morgan fingerprint density at radius 2 is 1.69 bits per heavy atom. The van der Waals surface area contributed by atoms with Crippen LogP contribution in [0.15, 0.2) is 66.7 Å². The molecule has 4 atom stereocenters. The van der Waals surface area contributed by atoms with E-state index in [1.807, 2.05) is 16.9 Å². The summed E-state index contributed by atoms with van der Waals surface area (Å²) in [6, 6.07) is 22.4. The minimum Gasteiger partial charge on any atom is -0.497 e. The van der Waals surface area contributed by atoms with Crippen LogP contribution in [0.3, 0.4) is 0 Å². The van der Waals surface area contributed by atoms with Gasteiger partial charge in [0.2, 0.25) is 5.91 Å². The summed E-state index contributed by atoms with van der Waals surface area (Å²) in [6.07, 6.45) is 6.45. The van der Waals surface area contributed by atoms with Crippen molar-refractivity contribution in [2.75, 3.05) is 33.3 Å². The minimum atomic E-state index is -4.24. The molecule has 0 bridgehead atoms. The van der Waals surface area contributed by atoms with Crippen LogP contribution in [0.25, 0.3) is 22.2 Å². The van der Waals surface area contributed by atoms with E-state index < -0.39 is 21.5 Å². The van der Waals surface area contributed by atoms with Crippen LogP contribution in [-0.2, 0) is 28.1 Å². The fourth-order valence-electron chi connectivity index (χ4n) is 10.2. The Hall–Kier alpha value is -4.19. The molecule has 11 heteroatoms. The predicted molar refractivity (Wildman–Crippen MR) is 195 cm³/mol. The molecule has 3 N–H and O–H groups in total. The second-order valence-electron chi connectivity index (χ2n) is 15.7. The molecule has 2 amide bonds. The standard InChI is InChI=1S/C40H45N5O5S/c1-50-30-13-15-31-33(17-30)34-18-40(34,39(47)44-22-28-20-43(21-29(28)23-44)19-25-8-4-2-5-9-25)24-45-35-16-27(38(46)42-51(41,48)49)12-14-32(35)36(37(31)45)26-10-6-3-7-11-26/h2,4-5,8-9,12-17,26,28-29,34H,3,6-7,10-11,18-24H2,1H3,(H,42,46)(H2,41,48,49). The molecule has 2 aliphatic carbocycles. The van der Waals surface area contributed by atoms with Crippen molar-refractivity contribution in [3.63, 3.8) is 0 Å². The van der Waals surface area contributed by atoms with E-state index in [-0.39, 0.29) is 17.4 Å². The van der Waals surface area contributed by atoms with Gasteiger partial charge in [-0.3, -0.25) is 14.5 Å². The van der Waals surface area contributed by atoms with Crippen molar-refractivity contribution in [1.29, 1.82) is 0 Å². The first-order valence-electron chi connectivity index (χ1n) is 18.4. The van der Waals surface area contributed by atoms with E-state index in [0.29, 0.717) is 24.3 Å². The van der Waals surface area contributed by atoms with Gasteiger partial charge in [-0.25, -0.2) is 9.86 Å². The van der Waals surface area contributed by atoms with Crippen molar-refractivity contribution in [3.8, 4) is 17.0 Å². The molecule has 1 aromatic heterocycles. The van der Waals surface area contributed by atoms with Crippen LogP contribution < -0.4 is 14.6 Å². The molecule has 2 saturated heterocycles. The normalized spacial score (nSPS) is 25.8. The van der Waals surface area contributed by atoms with Gasteiger partial charge in [-0.05, 0) is 84.0 Å². The quantitative estimate of drug-likeness (QED) is 0.266. The van der Waals surface area contributed by atoms with Gasteiger partial charge in [0, 0.05) is 67.2 Å². The van der Waals surface area contributed by atoms with Crippen molar-refractivity contribution in [1.82, 2.24) is 19.1 Å². The van der Waals surface area contributed by atoms with Crippen LogP contribution in [0.1, 0.15) is 77.4 Å². The smallest absolute Gasteiger partial charge is 0.298 e. The SMILES string of the molecule is COc1ccc2c(c1)C1CC1(C(=O)N1CC3CN(Cc4ccccc4)CC3C1)Cn1c-2c(C2CCCCC2)c2ccc(C(=O)NS(N)(=O)=O)cc21. The van der Waals surface area contributed by atoms with Gasteiger partial charge < -0.3 is 14.2 Å². The third kappa shape index (κ3) is 5.64. The largest absolute Gasteiger partial charge is 0.497 e. The maximum atomic E-state index is 15.0. The molecule has 5 aliphatic rings. The fourth-order valence-corrected chi connectivity index (χ4v) is 10.5. The molecule has 4 unspecified atom stereocenters. The zero-order chi connectivity index (χ0) is 35.1. The van der Waals surface area contributed by atoms with Crippen molar-refractivity contribution in [3.05, 3.63) is 89.0 Å². The zero-order valence-electron chi connectivity index (χ0n) is 29.0. The first-order chi connectivity index (χ1) is 24.6. The maximum absolute atomic E-state index is 15.0. The summed E-state index contributed by atoms with van der Waals surface area (Å²) in [5.74, 6) is 1.55. The van der Waals surface area contributed by atoms with E-state index in [9.17, 15) is 18.0 Å². The molecule has 9 rings (SSSR count). The van der Waals surface area contributed by atoms with Crippen molar-refractivity contribution in [2.24, 2.45) is 22.4 Å². The number of carbonyl (C=O) groups excluding carboxylic acids is 2. The molecule has 0 spiro atoms. The molecule has 51 heavy (non-hydrogen) atoms. The Kier molecular flexibility index (Phi) is 7.83. The lowest BCUT2D eigenvalue weighted by Gasteiger charge is -2.27. The number of hydrogen-bond acceptors (Lipinski definition) is 6. The Labute approximate surface area is 299 Å². The van der Waals surface area contributed by atoms with E-state index in [1.54, 1.807) is 19.2 Å². The Bertz CT molecular complexity index is 2150. The number of nitrogens with one attached hydrogen (secondary N) is 1. The predicted octanol–water partition coefficient (Wildman–Crippen LogP) is 5.38. The highest BCUT2D eigenvalue weighted by molar-refractivity contribution is 7.87. The Balaban J connectivity index is 1.11. The van der Waals surface area contributed by atoms with E-state index in [2.05, 4.69) is 56.8 Å². The third-order valence-electron chi connectivity index (χ3n) is 12.5. The third-order valence-corrected chi connectivity index (χ3v) is 13.0. The molecule has 3 aromatic carbocycles. The van der Waals surface area contributed by atoms with E-state index in [1.165, 1.54) is 17.5 Å². The highest BCUT2D eigenvalue weighted by Crippen LogP contribution is 2.66. The topological polar surface area (TPSA) is 127 Å². The molecular formula is C40H45N5O5S. The number of likely N-dealkylation sites (tertiary alicyclic amines) is 2. The number of nitrogens with two attached hydrogens (primary N) is 1. The number of fused-ring (bicyclic) bond motifs is 8. The zero-order valence-corrected chi connectivity index (χ0v) is 29.8. The first-order valence-corrected chi connectivity index (χ1v) is 19.9. The lowest BCUT2D eigenvalue weighted by molar-refractivity contribution is -0.137. The summed E-state index contributed by atoms with van der Waals surface area (Å²) in [7, 11) is -2.55. The average Bonchev–Trinajstić information content (AvgIpc) is 3.38. The summed E-state index contributed by atoms with van der Waals surface area (Å²) >= 11 is 0. The summed E-state index contributed by atoms with van der Waals surface area (Å²) in [6.45, 7) is 4.99. The number of aromatic nitrogens is 1. The number of ether oxygens (including phenoxy) is 1. The number of rotatable bonds is 7. The van der Waals surface area contributed by atoms with Crippen molar-refractivity contribution in [2.45, 2.75) is 63.5 Å². The molecule has 2 saturated carbocycles. The second kappa shape index (κ2) is 12.2. The Morgan fingerprint density at radius 3 is 2.39 bits per heavy atom. The van der Waals surface area contributed by atoms with Gasteiger partial charge in [0.05, 0.1) is 18.2 Å². The van der Waals surface area contributed by atoms with Gasteiger partial charge in [-0.1, -0.05) is 55.7 Å². The van der Waals surface area contributed by atoms with Gasteiger partial charge in [0.1, 0.15) is 5.75 Å². The lowest BCUT2D eigenvalue weighted by Crippen LogP contribution is -2.40. The van der Waals surface area contributed by atoms with Gasteiger partial charge in [0.25, 0.3) is 16.1 Å². The van der Waals surface area contributed by atoms with Crippen LogP contribution in [0, 0.1) is 17.3 Å². The number of carbonyl (C=O) groups is 2. The molecule has 4 fully saturated rings. The van der Waals surface area contributed by atoms with Gasteiger partial charge in [-0.15, -0.1) is 0 Å². The number of benzene rings is 3. The molecule has 4 aromatic rings. The van der Waals surface area contributed by atoms with Crippen LogP contribution in [0.2, 0.25) is 0 Å². The monoisotopic (exact) mass is 707 g/mol. The molecule has 0 radical (unpaired) electrons. The molecule has 3 aliphatic heterocycles. The Morgan fingerprint density at radius 1 is 0.941 bits per heavy atom. The lowest BCUT2D eigenvalue weighted by atomic mass is 9.81. The summed E-state index contributed by atoms with van der Waals surface area (Å²) < 4.78 is 33.6. The highest BCUT2D eigenvalue weighted by atomic mass is 32.2. The van der Waals surface area contributed by atoms with E-state index in [0.717, 1.165) is 98.3 Å². The van der Waals surface area contributed by atoms with Crippen LogP contribution in [0.5, 0.6) is 5.75 Å². The minimum absolute atomic E-state index is 0.0492. The number of hydrogen-bond donors (Lipinski definition) is 2. The van der Waals surface area contributed by atoms with Crippen molar-refractivity contribution >= 4 is 32.9 Å². The van der Waals surface area contributed by atoms with Crippen LogP contribution >= 0.6 is 0 Å². The van der Waals surface area contributed by atoms with E-state index >= 15 is 0 Å².